The van der Waals surface area contributed by atoms with Crippen molar-refractivity contribution in [3.63, 3.8) is 0 Å². The maximum atomic E-state index is 14.0. The summed E-state index contributed by atoms with van der Waals surface area (Å²) >= 11 is 0. The van der Waals surface area contributed by atoms with Crippen molar-refractivity contribution in [3.8, 4) is 0 Å². The minimum Gasteiger partial charge on any atom is -0.444 e. The third kappa shape index (κ3) is 7.83. The van der Waals surface area contributed by atoms with Crippen LogP contribution in [0.4, 0.5) is 21.2 Å². The fourth-order valence-electron chi connectivity index (χ4n) is 5.81. The van der Waals surface area contributed by atoms with Crippen LogP contribution in [0.2, 0.25) is 0 Å². The summed E-state index contributed by atoms with van der Waals surface area (Å²) < 4.78 is 15.1. The van der Waals surface area contributed by atoms with Gasteiger partial charge in [-0.05, 0) is 85.4 Å². The van der Waals surface area contributed by atoms with Crippen LogP contribution >= 0.6 is 0 Å². The summed E-state index contributed by atoms with van der Waals surface area (Å²) in [6.07, 6.45) is 2.63. The average molecular weight is 663 g/mol. The molecule has 0 aliphatic carbocycles. The molecule has 0 unspecified atom stereocenters. The zero-order valence-electron chi connectivity index (χ0n) is 29.9. The summed E-state index contributed by atoms with van der Waals surface area (Å²) in [5.74, 6) is 0.994. The number of pyridine rings is 1. The third-order valence-corrected chi connectivity index (χ3v) is 8.30. The number of carbonyl (C=O) groups is 2. The van der Waals surface area contributed by atoms with Crippen molar-refractivity contribution in [1.82, 2.24) is 28.9 Å². The SMILES string of the molecule is Cc1ccn2c(CN(C(=O)OC(C)(C)C)c3cc(NC[C@H]4CCN(C(=O)OC(C)(C)C)C[C@@H]4O)nc4c(C(C)C)cnn34)c(C)nc2c1. The van der Waals surface area contributed by atoms with Gasteiger partial charge in [0.1, 0.15) is 28.5 Å². The second-order valence-corrected chi connectivity index (χ2v) is 15.1. The van der Waals surface area contributed by atoms with Crippen LogP contribution in [0.3, 0.4) is 0 Å². The Kier molecular flexibility index (Phi) is 9.64. The van der Waals surface area contributed by atoms with Crippen LogP contribution in [0.1, 0.15) is 90.2 Å². The molecule has 0 aromatic carbocycles. The van der Waals surface area contributed by atoms with Crippen molar-refractivity contribution >= 4 is 35.1 Å². The number of aryl methyl sites for hydroxylation is 2. The molecule has 2 atom stereocenters. The number of β-amino-alcohol motifs (C(OH)–C–C–N with tert-alkyl or cyclic N) is 1. The molecule has 13 heteroatoms. The van der Waals surface area contributed by atoms with E-state index in [1.54, 1.807) is 26.6 Å². The molecule has 260 valence electrons. The van der Waals surface area contributed by atoms with Crippen molar-refractivity contribution < 1.29 is 24.2 Å². The van der Waals surface area contributed by atoms with E-state index in [4.69, 9.17) is 19.4 Å². The molecular weight excluding hydrogens is 612 g/mol. The lowest BCUT2D eigenvalue weighted by atomic mass is 9.94. The van der Waals surface area contributed by atoms with Gasteiger partial charge in [-0.2, -0.15) is 9.61 Å². The second-order valence-electron chi connectivity index (χ2n) is 15.1. The number of nitrogens with zero attached hydrogens (tertiary/aromatic N) is 7. The Morgan fingerprint density at radius 2 is 1.79 bits per heavy atom. The highest BCUT2D eigenvalue weighted by atomic mass is 16.6. The number of carbonyl (C=O) groups excluding carboxylic acids is 2. The first-order valence-electron chi connectivity index (χ1n) is 16.6. The van der Waals surface area contributed by atoms with Gasteiger partial charge in [-0.3, -0.25) is 4.90 Å². The molecule has 0 bridgehead atoms. The van der Waals surface area contributed by atoms with Crippen LogP contribution in [0.25, 0.3) is 11.3 Å². The summed E-state index contributed by atoms with van der Waals surface area (Å²) in [7, 11) is 0. The van der Waals surface area contributed by atoms with Crippen LogP contribution in [-0.4, -0.2) is 83.1 Å². The van der Waals surface area contributed by atoms with E-state index in [0.717, 1.165) is 28.2 Å². The molecule has 5 rings (SSSR count). The number of amides is 2. The first-order valence-corrected chi connectivity index (χ1v) is 16.6. The molecule has 5 heterocycles. The molecule has 1 aliphatic rings. The minimum atomic E-state index is -0.747. The fraction of sp³-hybridized carbons (Fsp3) is 0.571. The van der Waals surface area contributed by atoms with Crippen molar-refractivity contribution in [2.24, 2.45) is 5.92 Å². The Morgan fingerprint density at radius 1 is 1.08 bits per heavy atom. The summed E-state index contributed by atoms with van der Waals surface area (Å²) in [4.78, 5) is 39.4. The Bertz CT molecular complexity index is 1800. The van der Waals surface area contributed by atoms with E-state index in [0.29, 0.717) is 36.8 Å². The predicted molar refractivity (Wildman–Crippen MR) is 185 cm³/mol. The summed E-state index contributed by atoms with van der Waals surface area (Å²) in [5.41, 5.74) is 3.71. The summed E-state index contributed by atoms with van der Waals surface area (Å²) in [6, 6.07) is 5.81. The zero-order chi connectivity index (χ0) is 35.1. The van der Waals surface area contributed by atoms with Crippen LogP contribution in [-0.2, 0) is 16.0 Å². The van der Waals surface area contributed by atoms with Crippen LogP contribution < -0.4 is 10.2 Å². The maximum absolute atomic E-state index is 14.0. The van der Waals surface area contributed by atoms with Gasteiger partial charge in [-0.15, -0.1) is 0 Å². The molecule has 0 spiro atoms. The second kappa shape index (κ2) is 13.3. The number of fused-ring (bicyclic) bond motifs is 2. The third-order valence-electron chi connectivity index (χ3n) is 8.30. The number of aromatic nitrogens is 5. The fourth-order valence-corrected chi connectivity index (χ4v) is 5.81. The number of imidazole rings is 1. The van der Waals surface area contributed by atoms with Gasteiger partial charge in [0.05, 0.1) is 36.8 Å². The molecule has 48 heavy (non-hydrogen) atoms. The molecule has 2 amide bonds. The summed E-state index contributed by atoms with van der Waals surface area (Å²) in [6.45, 7) is 20.3. The number of nitrogens with one attached hydrogen (secondary N) is 1. The van der Waals surface area contributed by atoms with Gasteiger partial charge in [0.25, 0.3) is 0 Å². The van der Waals surface area contributed by atoms with Gasteiger partial charge >= 0.3 is 12.2 Å². The van der Waals surface area contributed by atoms with Gasteiger partial charge in [0.15, 0.2) is 5.65 Å². The first-order chi connectivity index (χ1) is 22.4. The molecule has 1 aliphatic heterocycles. The number of ether oxygens (including phenoxy) is 2. The van der Waals surface area contributed by atoms with Crippen LogP contribution in [0.5, 0.6) is 0 Å². The molecule has 13 nitrogen and oxygen atoms in total. The van der Waals surface area contributed by atoms with E-state index in [2.05, 4.69) is 24.3 Å². The normalized spacial score (nSPS) is 17.3. The van der Waals surface area contributed by atoms with Crippen molar-refractivity contribution in [3.05, 3.63) is 53.1 Å². The molecule has 2 N–H and O–H groups in total. The standard InChI is InChI=1S/C35H50N8O5/c1-21(2)25-18-37-43-30(42(33(46)48-35(8,9)10)19-26-23(4)38-29-15-22(3)11-14-41(26)29)16-28(39-31(25)43)36-17-24-12-13-40(20-27(24)44)32(45)47-34(5,6)7/h11,14-16,18,21,24,27,44H,12-13,17,19-20H2,1-10H3,(H,36,39)/t24-,27+/m1/s1. The van der Waals surface area contributed by atoms with Gasteiger partial charge in [0, 0.05) is 36.8 Å². The number of anilines is 2. The lowest BCUT2D eigenvalue weighted by Gasteiger charge is -2.36. The van der Waals surface area contributed by atoms with Gasteiger partial charge in [0.2, 0.25) is 0 Å². The lowest BCUT2D eigenvalue weighted by molar-refractivity contribution is -0.0104. The molecule has 0 saturated carbocycles. The van der Waals surface area contributed by atoms with Gasteiger partial charge < -0.3 is 29.2 Å². The highest BCUT2D eigenvalue weighted by Crippen LogP contribution is 2.30. The van der Waals surface area contributed by atoms with E-state index >= 15 is 0 Å². The molecular formula is C35H50N8O5. The van der Waals surface area contributed by atoms with E-state index in [1.165, 1.54) is 0 Å². The number of hydrogen-bond acceptors (Lipinski definition) is 9. The zero-order valence-corrected chi connectivity index (χ0v) is 29.9. The van der Waals surface area contributed by atoms with E-state index in [1.807, 2.05) is 78.1 Å². The number of likely N-dealkylation sites (tertiary alicyclic amines) is 1. The van der Waals surface area contributed by atoms with Crippen molar-refractivity contribution in [2.45, 2.75) is 105 Å². The average Bonchev–Trinajstić information content (AvgIpc) is 3.53. The number of aliphatic hydroxyl groups is 1. The van der Waals surface area contributed by atoms with Crippen molar-refractivity contribution in [1.29, 1.82) is 0 Å². The van der Waals surface area contributed by atoms with Gasteiger partial charge in [-0.25, -0.2) is 19.6 Å². The molecule has 1 saturated heterocycles. The molecule has 1 fully saturated rings. The minimum absolute atomic E-state index is 0.122. The summed E-state index contributed by atoms with van der Waals surface area (Å²) in [5, 5.41) is 19.1. The lowest BCUT2D eigenvalue weighted by Crippen LogP contribution is -2.49. The number of rotatable bonds is 7. The number of piperidine rings is 1. The quantitative estimate of drug-likeness (QED) is 0.241. The van der Waals surface area contributed by atoms with Crippen LogP contribution in [0, 0.1) is 19.8 Å². The van der Waals surface area contributed by atoms with E-state index < -0.39 is 29.5 Å². The molecule has 4 aromatic heterocycles. The Morgan fingerprint density at radius 3 is 2.44 bits per heavy atom. The topological polar surface area (TPSA) is 139 Å². The monoisotopic (exact) mass is 662 g/mol. The Labute approximate surface area is 282 Å². The maximum Gasteiger partial charge on any atom is 0.416 e. The van der Waals surface area contributed by atoms with Crippen molar-refractivity contribution in [2.75, 3.05) is 29.9 Å². The highest BCUT2D eigenvalue weighted by Gasteiger charge is 2.33. The predicted octanol–water partition coefficient (Wildman–Crippen LogP) is 6.09. The van der Waals surface area contributed by atoms with E-state index in [-0.39, 0.29) is 24.9 Å². The van der Waals surface area contributed by atoms with E-state index in [9.17, 15) is 14.7 Å². The Balaban J connectivity index is 1.49. The number of aliphatic hydroxyl groups excluding tert-OH is 1. The highest BCUT2D eigenvalue weighted by molar-refractivity contribution is 5.88. The molecule has 0 radical (unpaired) electrons. The first kappa shape index (κ1) is 34.9. The number of hydrogen-bond donors (Lipinski definition) is 2. The molecule has 4 aromatic rings. The smallest absolute Gasteiger partial charge is 0.416 e. The Hall–Kier alpha value is -4.39. The largest absolute Gasteiger partial charge is 0.444 e. The van der Waals surface area contributed by atoms with Gasteiger partial charge in [-0.1, -0.05) is 13.8 Å². The van der Waals surface area contributed by atoms with Crippen LogP contribution in [0.15, 0.2) is 30.6 Å².